The predicted molar refractivity (Wildman–Crippen MR) is 64.5 cm³/mol. The van der Waals surface area contributed by atoms with Crippen LogP contribution < -0.4 is 5.56 Å². The summed E-state index contributed by atoms with van der Waals surface area (Å²) in [6.45, 7) is 3.40. The van der Waals surface area contributed by atoms with Crippen LogP contribution in [0.2, 0.25) is 0 Å². The van der Waals surface area contributed by atoms with Crippen molar-refractivity contribution in [1.82, 2.24) is 14.5 Å². The zero-order valence-electron chi connectivity index (χ0n) is 8.62. The average molecular weight is 307 g/mol. The van der Waals surface area contributed by atoms with Gasteiger partial charge in [0.25, 0.3) is 5.56 Å². The van der Waals surface area contributed by atoms with Crippen LogP contribution in [0.4, 0.5) is 0 Å². The van der Waals surface area contributed by atoms with E-state index < -0.39 is 0 Å². The van der Waals surface area contributed by atoms with Gasteiger partial charge in [-0.2, -0.15) is 0 Å². The number of aryl methyl sites for hydroxylation is 1. The first-order chi connectivity index (χ1) is 6.52. The molecule has 0 aliphatic rings. The summed E-state index contributed by atoms with van der Waals surface area (Å²) in [6.07, 6.45) is 1.62. The minimum absolute atomic E-state index is 0.0555. The zero-order valence-corrected chi connectivity index (χ0v) is 10.8. The minimum Gasteiger partial charge on any atom is -0.308 e. The van der Waals surface area contributed by atoms with Gasteiger partial charge in [0.2, 0.25) is 0 Å². The highest BCUT2D eigenvalue weighted by atomic mass is 127. The Hall–Kier alpha value is -0.430. The Morgan fingerprint density at radius 1 is 1.57 bits per heavy atom. The van der Waals surface area contributed by atoms with Crippen LogP contribution in [0.5, 0.6) is 0 Å². The van der Waals surface area contributed by atoms with Crippen molar-refractivity contribution in [3.05, 3.63) is 25.9 Å². The Morgan fingerprint density at radius 3 is 2.79 bits per heavy atom. The fourth-order valence-corrected chi connectivity index (χ4v) is 1.54. The maximum absolute atomic E-state index is 11.7. The van der Waals surface area contributed by atoms with E-state index in [0.29, 0.717) is 10.1 Å². The van der Waals surface area contributed by atoms with Crippen LogP contribution in [0.25, 0.3) is 0 Å². The number of aromatic nitrogens is 2. The Balaban J connectivity index is 2.95. The third-order valence-electron chi connectivity index (χ3n) is 1.98. The largest absolute Gasteiger partial charge is 0.308 e. The van der Waals surface area contributed by atoms with E-state index in [4.69, 9.17) is 0 Å². The van der Waals surface area contributed by atoms with Gasteiger partial charge in [-0.15, -0.1) is 0 Å². The molecule has 0 saturated carbocycles. The molecule has 0 N–H and O–H groups in total. The van der Waals surface area contributed by atoms with Crippen molar-refractivity contribution < 1.29 is 0 Å². The number of hydrogen-bond donors (Lipinski definition) is 0. The van der Waals surface area contributed by atoms with E-state index in [1.54, 1.807) is 10.8 Å². The summed E-state index contributed by atoms with van der Waals surface area (Å²) in [7, 11) is 3.98. The summed E-state index contributed by atoms with van der Waals surface area (Å²) in [4.78, 5) is 17.9. The van der Waals surface area contributed by atoms with Gasteiger partial charge in [0.1, 0.15) is 5.82 Å². The van der Waals surface area contributed by atoms with Crippen molar-refractivity contribution in [2.24, 2.45) is 0 Å². The Kier molecular flexibility index (Phi) is 4.06. The highest BCUT2D eigenvalue weighted by molar-refractivity contribution is 14.1. The van der Waals surface area contributed by atoms with Gasteiger partial charge in [0.05, 0.1) is 3.57 Å². The number of nitrogens with zero attached hydrogens (tertiary/aromatic N) is 3. The van der Waals surface area contributed by atoms with Gasteiger partial charge in [-0.05, 0) is 43.6 Å². The fraction of sp³-hybridized carbons (Fsp3) is 0.556. The second-order valence-corrected chi connectivity index (χ2v) is 4.58. The monoisotopic (exact) mass is 307 g/mol. The van der Waals surface area contributed by atoms with Crippen LogP contribution in [0, 0.1) is 10.5 Å². The van der Waals surface area contributed by atoms with E-state index in [-0.39, 0.29) is 5.56 Å². The van der Waals surface area contributed by atoms with Crippen molar-refractivity contribution >= 4 is 22.6 Å². The number of rotatable bonds is 3. The summed E-state index contributed by atoms with van der Waals surface area (Å²) in [6, 6.07) is 0. The number of halogens is 1. The van der Waals surface area contributed by atoms with Gasteiger partial charge in [-0.3, -0.25) is 9.36 Å². The van der Waals surface area contributed by atoms with Gasteiger partial charge in [-0.25, -0.2) is 4.98 Å². The molecular formula is C9H14IN3O. The number of hydrogen-bond acceptors (Lipinski definition) is 3. The highest BCUT2D eigenvalue weighted by Crippen LogP contribution is 1.97. The number of likely N-dealkylation sites (N-methyl/N-ethyl adjacent to an activating group) is 1. The topological polar surface area (TPSA) is 38.1 Å². The van der Waals surface area contributed by atoms with Crippen molar-refractivity contribution in [3.63, 3.8) is 0 Å². The van der Waals surface area contributed by atoms with Gasteiger partial charge in [0.15, 0.2) is 0 Å². The lowest BCUT2D eigenvalue weighted by atomic mass is 10.5. The summed E-state index contributed by atoms with van der Waals surface area (Å²) in [5, 5.41) is 0. The highest BCUT2D eigenvalue weighted by Gasteiger charge is 2.04. The first kappa shape index (κ1) is 11.6. The molecule has 0 atom stereocenters. The molecule has 0 amide bonds. The molecule has 0 radical (unpaired) electrons. The van der Waals surface area contributed by atoms with Crippen LogP contribution >= 0.6 is 22.6 Å². The maximum Gasteiger partial charge on any atom is 0.266 e. The van der Waals surface area contributed by atoms with Crippen LogP contribution in [-0.2, 0) is 6.54 Å². The minimum atomic E-state index is 0.0555. The van der Waals surface area contributed by atoms with Crippen molar-refractivity contribution in [2.45, 2.75) is 13.5 Å². The fourth-order valence-electron chi connectivity index (χ4n) is 1.11. The molecule has 1 aromatic heterocycles. The molecule has 0 aliphatic carbocycles. The maximum atomic E-state index is 11.7. The normalized spacial score (nSPS) is 10.9. The van der Waals surface area contributed by atoms with E-state index >= 15 is 0 Å². The standard InChI is InChI=1S/C9H14IN3O/c1-7-11-6-8(10)9(14)13(7)5-4-12(2)3/h6H,4-5H2,1-3H3. The molecular weight excluding hydrogens is 293 g/mol. The van der Waals surface area contributed by atoms with Crippen LogP contribution in [0.15, 0.2) is 11.0 Å². The molecule has 0 bridgehead atoms. The first-order valence-electron chi connectivity index (χ1n) is 4.39. The molecule has 0 aliphatic heterocycles. The second-order valence-electron chi connectivity index (χ2n) is 3.41. The van der Waals surface area contributed by atoms with Gasteiger partial charge < -0.3 is 4.90 Å². The second kappa shape index (κ2) is 4.88. The molecule has 1 aromatic rings. The molecule has 1 rings (SSSR count). The average Bonchev–Trinajstić information content (AvgIpc) is 2.11. The van der Waals surface area contributed by atoms with E-state index in [2.05, 4.69) is 4.98 Å². The quantitative estimate of drug-likeness (QED) is 0.772. The van der Waals surface area contributed by atoms with Gasteiger partial charge >= 0.3 is 0 Å². The third kappa shape index (κ3) is 2.78. The molecule has 78 valence electrons. The molecule has 0 aromatic carbocycles. The molecule has 0 fully saturated rings. The molecule has 0 saturated heterocycles. The zero-order chi connectivity index (χ0) is 10.7. The van der Waals surface area contributed by atoms with E-state index in [1.165, 1.54) is 0 Å². The van der Waals surface area contributed by atoms with E-state index in [0.717, 1.165) is 12.4 Å². The van der Waals surface area contributed by atoms with Gasteiger partial charge in [-0.1, -0.05) is 0 Å². The first-order valence-corrected chi connectivity index (χ1v) is 5.47. The molecule has 5 heteroatoms. The van der Waals surface area contributed by atoms with Crippen LogP contribution in [-0.4, -0.2) is 35.1 Å². The Morgan fingerprint density at radius 2 is 2.21 bits per heavy atom. The molecule has 14 heavy (non-hydrogen) atoms. The van der Waals surface area contributed by atoms with E-state index in [9.17, 15) is 4.79 Å². The molecule has 4 nitrogen and oxygen atoms in total. The lowest BCUT2D eigenvalue weighted by molar-refractivity contribution is 0.376. The lowest BCUT2D eigenvalue weighted by Gasteiger charge is -2.13. The lowest BCUT2D eigenvalue weighted by Crippen LogP contribution is -2.30. The summed E-state index contributed by atoms with van der Waals surface area (Å²) < 4.78 is 2.38. The predicted octanol–water partition coefficient (Wildman–Crippen LogP) is 0.718. The summed E-state index contributed by atoms with van der Waals surface area (Å²) in [5.74, 6) is 0.775. The van der Waals surface area contributed by atoms with Crippen molar-refractivity contribution in [2.75, 3.05) is 20.6 Å². The van der Waals surface area contributed by atoms with Gasteiger partial charge in [0, 0.05) is 19.3 Å². The smallest absolute Gasteiger partial charge is 0.266 e. The Labute approximate surface area is 97.1 Å². The molecule has 0 spiro atoms. The summed E-state index contributed by atoms with van der Waals surface area (Å²) in [5.41, 5.74) is 0.0555. The summed E-state index contributed by atoms with van der Waals surface area (Å²) >= 11 is 2.01. The van der Waals surface area contributed by atoms with Crippen LogP contribution in [0.3, 0.4) is 0 Å². The van der Waals surface area contributed by atoms with Crippen molar-refractivity contribution in [3.8, 4) is 0 Å². The third-order valence-corrected chi connectivity index (χ3v) is 2.72. The molecule has 0 unspecified atom stereocenters. The SMILES string of the molecule is Cc1ncc(I)c(=O)n1CCN(C)C. The van der Waals surface area contributed by atoms with E-state index in [1.807, 2.05) is 48.5 Å². The van der Waals surface area contributed by atoms with Crippen molar-refractivity contribution in [1.29, 1.82) is 0 Å². The van der Waals surface area contributed by atoms with Crippen LogP contribution in [0.1, 0.15) is 5.82 Å². The Bertz CT molecular complexity index is 373. The molecule has 1 heterocycles.